The van der Waals surface area contributed by atoms with Crippen molar-refractivity contribution in [3.05, 3.63) is 29.8 Å². The molecule has 0 radical (unpaired) electrons. The van der Waals surface area contributed by atoms with Crippen LogP contribution in [0, 0.1) is 12.3 Å². The summed E-state index contributed by atoms with van der Waals surface area (Å²) in [4.78, 5) is 12.6. The second kappa shape index (κ2) is 4.45. The fourth-order valence-electron chi connectivity index (χ4n) is 1.22. The van der Waals surface area contributed by atoms with Gasteiger partial charge in [-0.05, 0) is 17.6 Å². The maximum Gasteiger partial charge on any atom is 0.302 e. The fourth-order valence-corrected chi connectivity index (χ4v) is 1.22. The van der Waals surface area contributed by atoms with E-state index in [4.69, 9.17) is 12.2 Å². The zero-order valence-electron chi connectivity index (χ0n) is 8.03. The minimum absolute atomic E-state index is 0.370. The van der Waals surface area contributed by atoms with Gasteiger partial charge >= 0.3 is 5.91 Å². The third-order valence-corrected chi connectivity index (χ3v) is 2.00. The van der Waals surface area contributed by atoms with Crippen LogP contribution < -0.4 is 10.6 Å². The lowest BCUT2D eigenvalue weighted by Crippen LogP contribution is -2.25. The van der Waals surface area contributed by atoms with Crippen molar-refractivity contribution in [2.75, 3.05) is 11.9 Å². The van der Waals surface area contributed by atoms with E-state index in [0.29, 0.717) is 6.54 Å². The van der Waals surface area contributed by atoms with Gasteiger partial charge < -0.3 is 10.6 Å². The number of terminal acetylenes is 1. The van der Waals surface area contributed by atoms with Crippen LogP contribution in [0.5, 0.6) is 0 Å². The predicted molar refractivity (Wildman–Crippen MR) is 56.6 cm³/mol. The lowest BCUT2D eigenvalue weighted by molar-refractivity contribution is -0.113. The molecule has 0 aliphatic carbocycles. The average molecular weight is 188 g/mol. The van der Waals surface area contributed by atoms with E-state index >= 15 is 0 Å². The summed E-state index contributed by atoms with van der Waals surface area (Å²) >= 11 is 0. The van der Waals surface area contributed by atoms with Crippen LogP contribution in [0.25, 0.3) is 0 Å². The number of nitrogens with zero attached hydrogens (tertiary/aromatic N) is 1. The molecule has 0 unspecified atom stereocenters. The number of para-hydroxylation sites is 1. The summed E-state index contributed by atoms with van der Waals surface area (Å²) in [6, 6.07) is 7.40. The van der Waals surface area contributed by atoms with E-state index in [2.05, 4.69) is 5.92 Å². The third-order valence-electron chi connectivity index (χ3n) is 2.00. The number of anilines is 1. The summed E-state index contributed by atoms with van der Waals surface area (Å²) < 4.78 is 0. The molecule has 1 amide bonds. The molecule has 0 saturated carbocycles. The van der Waals surface area contributed by atoms with E-state index in [0.717, 1.165) is 11.3 Å². The van der Waals surface area contributed by atoms with Gasteiger partial charge in [0, 0.05) is 19.3 Å². The van der Waals surface area contributed by atoms with Crippen LogP contribution in [0.15, 0.2) is 24.3 Å². The number of amides is 1. The lowest BCUT2D eigenvalue weighted by Gasteiger charge is -2.17. The Morgan fingerprint density at radius 3 is 2.79 bits per heavy atom. The molecule has 0 spiro atoms. The van der Waals surface area contributed by atoms with Crippen LogP contribution in [0.2, 0.25) is 0 Å². The molecular weight excluding hydrogens is 176 g/mol. The van der Waals surface area contributed by atoms with Crippen LogP contribution in [-0.2, 0) is 11.3 Å². The third kappa shape index (κ3) is 1.93. The molecule has 3 heteroatoms. The molecule has 1 aromatic carbocycles. The molecule has 1 rings (SSSR count). The first kappa shape index (κ1) is 10.3. The number of hydrogen-bond donors (Lipinski definition) is 1. The van der Waals surface area contributed by atoms with Gasteiger partial charge in [0.05, 0.1) is 0 Å². The summed E-state index contributed by atoms with van der Waals surface area (Å²) in [5.74, 6) is 1.69. The van der Waals surface area contributed by atoms with Crippen LogP contribution in [0.4, 0.5) is 5.69 Å². The van der Waals surface area contributed by atoms with E-state index in [1.165, 1.54) is 4.90 Å². The van der Waals surface area contributed by atoms with E-state index in [1.807, 2.05) is 24.3 Å². The fraction of sp³-hybridized carbons (Fsp3) is 0.182. The van der Waals surface area contributed by atoms with Gasteiger partial charge in [0.2, 0.25) is 0 Å². The van der Waals surface area contributed by atoms with E-state index < -0.39 is 0 Å². The first-order valence-corrected chi connectivity index (χ1v) is 4.23. The molecule has 14 heavy (non-hydrogen) atoms. The van der Waals surface area contributed by atoms with Gasteiger partial charge in [0.15, 0.2) is 0 Å². The van der Waals surface area contributed by atoms with Gasteiger partial charge in [-0.1, -0.05) is 18.2 Å². The first-order chi connectivity index (χ1) is 6.70. The smallest absolute Gasteiger partial charge is 0.302 e. The lowest BCUT2D eigenvalue weighted by atomic mass is 10.1. The second-order valence-corrected chi connectivity index (χ2v) is 2.84. The van der Waals surface area contributed by atoms with Gasteiger partial charge in [0.25, 0.3) is 0 Å². The average Bonchev–Trinajstić information content (AvgIpc) is 2.26. The maximum atomic E-state index is 11.2. The van der Waals surface area contributed by atoms with Gasteiger partial charge in [-0.3, -0.25) is 4.79 Å². The van der Waals surface area contributed by atoms with Crippen LogP contribution in [0.1, 0.15) is 5.56 Å². The first-order valence-electron chi connectivity index (χ1n) is 4.23. The van der Waals surface area contributed by atoms with Crippen molar-refractivity contribution >= 4 is 11.6 Å². The maximum absolute atomic E-state index is 11.2. The summed E-state index contributed by atoms with van der Waals surface area (Å²) in [7, 11) is 1.64. The summed E-state index contributed by atoms with van der Waals surface area (Å²) in [5.41, 5.74) is 7.20. The van der Waals surface area contributed by atoms with Crippen LogP contribution >= 0.6 is 0 Å². The second-order valence-electron chi connectivity index (χ2n) is 2.84. The number of hydrogen-bond acceptors (Lipinski definition) is 2. The number of nitrogens with two attached hydrogens (primary N) is 1. The zero-order valence-corrected chi connectivity index (χ0v) is 8.03. The Bertz CT molecular complexity index is 379. The molecule has 0 atom stereocenters. The quantitative estimate of drug-likeness (QED) is 0.696. The molecule has 72 valence electrons. The number of rotatable bonds is 2. The van der Waals surface area contributed by atoms with Crippen molar-refractivity contribution in [2.45, 2.75) is 6.54 Å². The van der Waals surface area contributed by atoms with Gasteiger partial charge in [0.1, 0.15) is 0 Å². The zero-order chi connectivity index (χ0) is 10.6. The minimum atomic E-state index is -0.370. The number of benzene rings is 1. The molecular formula is C11H12N2O. The van der Waals surface area contributed by atoms with Crippen LogP contribution in [-0.4, -0.2) is 13.0 Å². The molecule has 0 fully saturated rings. The molecule has 0 heterocycles. The Balaban J connectivity index is 3.07. The highest BCUT2D eigenvalue weighted by Gasteiger charge is 2.10. The molecule has 1 aromatic rings. The van der Waals surface area contributed by atoms with E-state index in [-0.39, 0.29) is 5.91 Å². The largest absolute Gasteiger partial charge is 0.326 e. The highest BCUT2D eigenvalue weighted by Crippen LogP contribution is 2.18. The Morgan fingerprint density at radius 1 is 1.57 bits per heavy atom. The molecule has 0 aliphatic rings. The Kier molecular flexibility index (Phi) is 3.27. The van der Waals surface area contributed by atoms with E-state index in [9.17, 15) is 4.79 Å². The highest BCUT2D eigenvalue weighted by atomic mass is 16.2. The molecule has 0 bridgehead atoms. The molecule has 0 aliphatic heterocycles. The van der Waals surface area contributed by atoms with Crippen molar-refractivity contribution in [1.82, 2.24) is 0 Å². The molecule has 3 nitrogen and oxygen atoms in total. The SMILES string of the molecule is C#CC(=O)N(C)c1ccccc1CN. The van der Waals surface area contributed by atoms with Crippen molar-refractivity contribution < 1.29 is 4.79 Å². The predicted octanol–water partition coefficient (Wildman–Crippen LogP) is 0.741. The molecule has 0 saturated heterocycles. The van der Waals surface area contributed by atoms with Gasteiger partial charge in [-0.25, -0.2) is 0 Å². The standard InChI is InChI=1S/C11H12N2O/c1-3-11(14)13(2)10-7-5-4-6-9(10)8-12/h1,4-7H,8,12H2,2H3. The Morgan fingerprint density at radius 2 is 2.21 bits per heavy atom. The number of carbonyl (C=O) groups excluding carboxylic acids is 1. The van der Waals surface area contributed by atoms with E-state index in [1.54, 1.807) is 7.05 Å². The number of carbonyl (C=O) groups is 1. The van der Waals surface area contributed by atoms with Crippen LogP contribution in [0.3, 0.4) is 0 Å². The molecule has 0 aromatic heterocycles. The van der Waals surface area contributed by atoms with Crippen molar-refractivity contribution in [3.63, 3.8) is 0 Å². The summed E-state index contributed by atoms with van der Waals surface area (Å²) in [5, 5.41) is 0. The molecule has 2 N–H and O–H groups in total. The summed E-state index contributed by atoms with van der Waals surface area (Å²) in [6.45, 7) is 0.387. The topological polar surface area (TPSA) is 46.3 Å². The normalized spacial score (nSPS) is 9.21. The van der Waals surface area contributed by atoms with Crippen molar-refractivity contribution in [3.8, 4) is 12.3 Å². The minimum Gasteiger partial charge on any atom is -0.326 e. The van der Waals surface area contributed by atoms with Gasteiger partial charge in [-0.2, -0.15) is 0 Å². The summed E-state index contributed by atoms with van der Waals surface area (Å²) in [6.07, 6.45) is 5.03. The Labute approximate surface area is 83.5 Å². The van der Waals surface area contributed by atoms with Crippen molar-refractivity contribution in [2.24, 2.45) is 5.73 Å². The monoisotopic (exact) mass is 188 g/mol. The highest BCUT2D eigenvalue weighted by molar-refractivity contribution is 6.05. The Hall–Kier alpha value is -1.79. The van der Waals surface area contributed by atoms with Crippen molar-refractivity contribution in [1.29, 1.82) is 0 Å². The van der Waals surface area contributed by atoms with Gasteiger partial charge in [-0.15, -0.1) is 6.42 Å².